The van der Waals surface area contributed by atoms with E-state index in [-0.39, 0.29) is 11.6 Å². The average molecular weight is 359 g/mol. The van der Waals surface area contributed by atoms with Crippen molar-refractivity contribution in [3.8, 4) is 24.2 Å². The van der Waals surface area contributed by atoms with Crippen LogP contribution >= 0.6 is 15.9 Å². The highest BCUT2D eigenvalue weighted by Gasteiger charge is 2.06. The van der Waals surface area contributed by atoms with Gasteiger partial charge in [0.05, 0.1) is 4.47 Å². The summed E-state index contributed by atoms with van der Waals surface area (Å²) in [6.07, 6.45) is 7.06. The van der Waals surface area contributed by atoms with Gasteiger partial charge in [0.2, 0.25) is 0 Å². The fourth-order valence-electron chi connectivity index (χ4n) is 2.01. The summed E-state index contributed by atoms with van der Waals surface area (Å²) in [7, 11) is 0. The summed E-state index contributed by atoms with van der Waals surface area (Å²) in [5.74, 6) is 7.67. The molecule has 0 atom stereocenters. The van der Waals surface area contributed by atoms with Crippen LogP contribution in [-0.4, -0.2) is 0 Å². The summed E-state index contributed by atoms with van der Waals surface area (Å²) < 4.78 is 27.8. The van der Waals surface area contributed by atoms with E-state index in [9.17, 15) is 8.78 Å². The van der Waals surface area contributed by atoms with Gasteiger partial charge in [-0.15, -0.1) is 12.3 Å². The van der Waals surface area contributed by atoms with E-state index in [1.54, 1.807) is 24.3 Å². The first-order valence-corrected chi connectivity index (χ1v) is 7.59. The lowest BCUT2D eigenvalue weighted by molar-refractivity contribution is 0.604. The normalized spacial score (nSPS) is 9.73. The van der Waals surface area contributed by atoms with Crippen molar-refractivity contribution in [2.45, 2.75) is 19.3 Å². The molecule has 0 N–H and O–H groups in total. The molecule has 2 aromatic rings. The van der Waals surface area contributed by atoms with Gasteiger partial charge in [0.25, 0.3) is 0 Å². The summed E-state index contributed by atoms with van der Waals surface area (Å²) in [6.45, 7) is 0. The van der Waals surface area contributed by atoms with Gasteiger partial charge in [-0.05, 0) is 59.1 Å². The van der Waals surface area contributed by atoms with E-state index >= 15 is 0 Å². The molecule has 0 aliphatic rings. The zero-order valence-corrected chi connectivity index (χ0v) is 13.4. The van der Waals surface area contributed by atoms with Crippen LogP contribution in [-0.2, 0) is 6.42 Å². The second kappa shape index (κ2) is 7.78. The third-order valence-electron chi connectivity index (χ3n) is 3.13. The van der Waals surface area contributed by atoms with Gasteiger partial charge < -0.3 is 0 Å². The van der Waals surface area contributed by atoms with Crippen molar-refractivity contribution in [3.05, 3.63) is 69.2 Å². The molecule has 0 saturated heterocycles. The molecule has 110 valence electrons. The Labute approximate surface area is 137 Å². The van der Waals surface area contributed by atoms with Crippen molar-refractivity contribution in [2.75, 3.05) is 0 Å². The highest BCUT2D eigenvalue weighted by atomic mass is 79.9. The number of benzene rings is 2. The molecule has 0 radical (unpaired) electrons. The van der Waals surface area contributed by atoms with Crippen LogP contribution in [0.3, 0.4) is 0 Å². The average Bonchev–Trinajstić information content (AvgIpc) is 2.51. The molecular weight excluding hydrogens is 346 g/mol. The Hall–Kier alpha value is -2.10. The number of hydrogen-bond acceptors (Lipinski definition) is 0. The molecule has 0 aliphatic carbocycles. The molecule has 0 amide bonds. The predicted octanol–water partition coefficient (Wildman–Crippen LogP) is 5.08. The van der Waals surface area contributed by atoms with Gasteiger partial charge in [-0.25, -0.2) is 8.78 Å². The number of hydrogen-bond donors (Lipinski definition) is 0. The molecule has 3 heteroatoms. The van der Waals surface area contributed by atoms with E-state index in [0.29, 0.717) is 40.4 Å². The molecule has 0 fully saturated rings. The molecule has 2 rings (SSSR count). The summed E-state index contributed by atoms with van der Waals surface area (Å²) in [6, 6.07) is 9.43. The molecule has 0 aromatic heterocycles. The third-order valence-corrected chi connectivity index (χ3v) is 3.77. The first-order chi connectivity index (χ1) is 10.6. The Balaban J connectivity index is 2.30. The molecule has 0 spiro atoms. The number of halogens is 3. The van der Waals surface area contributed by atoms with Crippen LogP contribution in [0.2, 0.25) is 0 Å². The van der Waals surface area contributed by atoms with Crippen LogP contribution in [0.5, 0.6) is 0 Å². The second-order valence-electron chi connectivity index (χ2n) is 4.70. The van der Waals surface area contributed by atoms with Crippen molar-refractivity contribution >= 4 is 15.9 Å². The first kappa shape index (κ1) is 16.3. The molecular formula is C19H13BrF2. The smallest absolute Gasteiger partial charge is 0.138 e. The maximum atomic E-state index is 13.9. The molecule has 22 heavy (non-hydrogen) atoms. The van der Waals surface area contributed by atoms with Crippen molar-refractivity contribution in [1.82, 2.24) is 0 Å². The number of terminal acetylenes is 1. The zero-order valence-electron chi connectivity index (χ0n) is 11.8. The Kier molecular flexibility index (Phi) is 5.75. The molecule has 0 nitrogen and oxygen atoms in total. The van der Waals surface area contributed by atoms with Crippen molar-refractivity contribution in [1.29, 1.82) is 0 Å². The van der Waals surface area contributed by atoms with E-state index in [4.69, 9.17) is 6.42 Å². The van der Waals surface area contributed by atoms with Crippen LogP contribution < -0.4 is 0 Å². The van der Waals surface area contributed by atoms with E-state index in [1.807, 2.05) is 0 Å². The van der Waals surface area contributed by atoms with Crippen LogP contribution in [0.15, 0.2) is 40.9 Å². The summed E-state index contributed by atoms with van der Waals surface area (Å²) in [5.41, 5.74) is 1.71. The fourth-order valence-corrected chi connectivity index (χ4v) is 2.26. The van der Waals surface area contributed by atoms with Crippen molar-refractivity contribution < 1.29 is 8.78 Å². The Bertz CT molecular complexity index is 776. The molecule has 0 aliphatic heterocycles. The monoisotopic (exact) mass is 358 g/mol. The van der Waals surface area contributed by atoms with Gasteiger partial charge in [-0.2, -0.15) is 0 Å². The van der Waals surface area contributed by atoms with Gasteiger partial charge in [0.1, 0.15) is 11.6 Å². The van der Waals surface area contributed by atoms with Gasteiger partial charge in [0.15, 0.2) is 0 Å². The number of rotatable bonds is 3. The molecule has 0 unspecified atom stereocenters. The highest BCUT2D eigenvalue weighted by molar-refractivity contribution is 9.10. The Morgan fingerprint density at radius 3 is 2.59 bits per heavy atom. The maximum absolute atomic E-state index is 13.9. The van der Waals surface area contributed by atoms with Gasteiger partial charge in [-0.1, -0.05) is 17.9 Å². The zero-order chi connectivity index (χ0) is 15.9. The Morgan fingerprint density at radius 2 is 1.86 bits per heavy atom. The molecule has 2 aromatic carbocycles. The lowest BCUT2D eigenvalue weighted by Crippen LogP contribution is -1.95. The standard InChI is InChI=1S/C19H13BrF2/c1-2-3-4-7-16-15(6-5-8-18(16)21)11-9-14-10-12-17(20)19(22)13-14/h1,5-6,8,10,12-13H,3-4,7H2. The van der Waals surface area contributed by atoms with Gasteiger partial charge >= 0.3 is 0 Å². The quantitative estimate of drug-likeness (QED) is 0.529. The minimum absolute atomic E-state index is 0.286. The second-order valence-corrected chi connectivity index (χ2v) is 5.56. The highest BCUT2D eigenvalue weighted by Crippen LogP contribution is 2.17. The first-order valence-electron chi connectivity index (χ1n) is 6.79. The number of unbranched alkanes of at least 4 members (excludes halogenated alkanes) is 1. The van der Waals surface area contributed by atoms with Crippen molar-refractivity contribution in [3.63, 3.8) is 0 Å². The predicted molar refractivity (Wildman–Crippen MR) is 88.3 cm³/mol. The SMILES string of the molecule is C#CCCCc1c(F)cccc1C#Cc1ccc(Br)c(F)c1. The minimum Gasteiger partial charge on any atom is -0.207 e. The largest absolute Gasteiger partial charge is 0.207 e. The van der Waals surface area contributed by atoms with Crippen LogP contribution in [0.1, 0.15) is 29.5 Å². The van der Waals surface area contributed by atoms with Crippen LogP contribution in [0.25, 0.3) is 0 Å². The van der Waals surface area contributed by atoms with E-state index in [0.717, 1.165) is 0 Å². The minimum atomic E-state index is -0.375. The summed E-state index contributed by atoms with van der Waals surface area (Å²) in [5, 5.41) is 0. The van der Waals surface area contributed by atoms with Crippen LogP contribution in [0.4, 0.5) is 8.78 Å². The lowest BCUT2D eigenvalue weighted by atomic mass is 10.0. The fraction of sp³-hybridized carbons (Fsp3) is 0.158. The molecule has 0 heterocycles. The summed E-state index contributed by atoms with van der Waals surface area (Å²) >= 11 is 3.09. The van der Waals surface area contributed by atoms with E-state index < -0.39 is 0 Å². The van der Waals surface area contributed by atoms with Gasteiger partial charge in [0, 0.05) is 23.1 Å². The lowest BCUT2D eigenvalue weighted by Gasteiger charge is -2.05. The topological polar surface area (TPSA) is 0 Å². The molecule has 0 bridgehead atoms. The van der Waals surface area contributed by atoms with E-state index in [2.05, 4.69) is 33.7 Å². The maximum Gasteiger partial charge on any atom is 0.138 e. The summed E-state index contributed by atoms with van der Waals surface area (Å²) in [4.78, 5) is 0. The van der Waals surface area contributed by atoms with Crippen molar-refractivity contribution in [2.24, 2.45) is 0 Å². The van der Waals surface area contributed by atoms with Gasteiger partial charge in [-0.3, -0.25) is 0 Å². The molecule has 0 saturated carbocycles. The van der Waals surface area contributed by atoms with E-state index in [1.165, 1.54) is 12.1 Å². The van der Waals surface area contributed by atoms with Crippen LogP contribution in [0, 0.1) is 35.8 Å². The Morgan fingerprint density at radius 1 is 1.05 bits per heavy atom. The third kappa shape index (κ3) is 4.20.